The summed E-state index contributed by atoms with van der Waals surface area (Å²) in [5.41, 5.74) is 1.51. The summed E-state index contributed by atoms with van der Waals surface area (Å²) in [6.45, 7) is 2.43. The number of hydrogen-bond acceptors (Lipinski definition) is 1. The van der Waals surface area contributed by atoms with Crippen molar-refractivity contribution in [3.8, 4) is 0 Å². The second-order valence-corrected chi connectivity index (χ2v) is 6.11. The minimum atomic E-state index is 0.769. The molecule has 1 nitrogen and oxygen atoms in total. The summed E-state index contributed by atoms with van der Waals surface area (Å²) in [5.74, 6) is 2.57. The van der Waals surface area contributed by atoms with Crippen LogP contribution in [0.4, 0.5) is 0 Å². The summed E-state index contributed by atoms with van der Waals surface area (Å²) in [4.78, 5) is 0. The molecule has 2 aromatic rings. The van der Waals surface area contributed by atoms with Crippen molar-refractivity contribution in [1.29, 1.82) is 0 Å². The first kappa shape index (κ1) is 10.8. The standard InChI is InChI=1S/C16H16ClN/c17-14-4-3-10-5-12(2-1-11(10)6-14)15-7-13-8-18-9-16(13)15/h1-6,13,15-16,18H,7-9H2. The van der Waals surface area contributed by atoms with Gasteiger partial charge in [-0.3, -0.25) is 0 Å². The maximum absolute atomic E-state index is 6.02. The summed E-state index contributed by atoms with van der Waals surface area (Å²) in [6, 6.07) is 13.0. The Balaban J connectivity index is 1.71. The van der Waals surface area contributed by atoms with Gasteiger partial charge in [0, 0.05) is 5.02 Å². The van der Waals surface area contributed by atoms with Gasteiger partial charge in [0.2, 0.25) is 0 Å². The largest absolute Gasteiger partial charge is 0.316 e. The fourth-order valence-electron chi connectivity index (χ4n) is 3.64. The van der Waals surface area contributed by atoms with Crippen LogP contribution in [0.3, 0.4) is 0 Å². The summed E-state index contributed by atoms with van der Waals surface area (Å²) in [6.07, 6.45) is 1.36. The van der Waals surface area contributed by atoms with Crippen LogP contribution < -0.4 is 5.32 Å². The Hall–Kier alpha value is -1.05. The predicted octanol–water partition coefficient (Wildman–Crippen LogP) is 3.82. The third-order valence-electron chi connectivity index (χ3n) is 4.72. The zero-order chi connectivity index (χ0) is 12.1. The average Bonchev–Trinajstić information content (AvgIpc) is 2.71. The molecule has 1 aliphatic carbocycles. The van der Waals surface area contributed by atoms with E-state index < -0.39 is 0 Å². The Kier molecular flexibility index (Phi) is 2.39. The van der Waals surface area contributed by atoms with Crippen molar-refractivity contribution < 1.29 is 0 Å². The van der Waals surface area contributed by atoms with E-state index in [2.05, 4.69) is 29.6 Å². The van der Waals surface area contributed by atoms with E-state index in [1.54, 1.807) is 0 Å². The Bertz CT molecular complexity index is 607. The van der Waals surface area contributed by atoms with Gasteiger partial charge in [0.1, 0.15) is 0 Å². The molecule has 1 aliphatic heterocycles. The molecule has 0 aromatic heterocycles. The number of fused-ring (bicyclic) bond motifs is 2. The molecule has 1 saturated heterocycles. The second kappa shape index (κ2) is 3.97. The molecule has 2 aliphatic rings. The Morgan fingerprint density at radius 1 is 1.00 bits per heavy atom. The molecule has 2 aromatic carbocycles. The fourth-order valence-corrected chi connectivity index (χ4v) is 3.82. The first-order valence-corrected chi connectivity index (χ1v) is 7.09. The lowest BCUT2D eigenvalue weighted by atomic mass is 9.64. The van der Waals surface area contributed by atoms with E-state index >= 15 is 0 Å². The van der Waals surface area contributed by atoms with Crippen molar-refractivity contribution in [2.75, 3.05) is 13.1 Å². The maximum Gasteiger partial charge on any atom is 0.0412 e. The van der Waals surface area contributed by atoms with Crippen LogP contribution in [-0.4, -0.2) is 13.1 Å². The lowest BCUT2D eigenvalue weighted by molar-refractivity contribution is 0.191. The second-order valence-electron chi connectivity index (χ2n) is 5.68. The summed E-state index contributed by atoms with van der Waals surface area (Å²) < 4.78 is 0. The molecule has 0 spiro atoms. The van der Waals surface area contributed by atoms with Crippen LogP contribution in [0.5, 0.6) is 0 Å². The van der Waals surface area contributed by atoms with Crippen LogP contribution in [-0.2, 0) is 0 Å². The van der Waals surface area contributed by atoms with E-state index in [1.165, 1.54) is 35.8 Å². The Labute approximate surface area is 112 Å². The number of halogens is 1. The molecule has 1 heterocycles. The fraction of sp³-hybridized carbons (Fsp3) is 0.375. The molecule has 1 N–H and O–H groups in total. The molecule has 1 saturated carbocycles. The number of benzene rings is 2. The number of hydrogen-bond donors (Lipinski definition) is 1. The third kappa shape index (κ3) is 1.58. The van der Waals surface area contributed by atoms with E-state index in [-0.39, 0.29) is 0 Å². The Morgan fingerprint density at radius 2 is 1.83 bits per heavy atom. The first-order chi connectivity index (χ1) is 8.81. The lowest BCUT2D eigenvalue weighted by Crippen LogP contribution is -2.33. The van der Waals surface area contributed by atoms with E-state index in [0.29, 0.717) is 0 Å². The summed E-state index contributed by atoms with van der Waals surface area (Å²) >= 11 is 6.02. The van der Waals surface area contributed by atoms with Crippen LogP contribution in [0, 0.1) is 11.8 Å². The van der Waals surface area contributed by atoms with Crippen molar-refractivity contribution in [3.63, 3.8) is 0 Å². The molecule has 92 valence electrons. The van der Waals surface area contributed by atoms with E-state index in [0.717, 1.165) is 22.8 Å². The molecular weight excluding hydrogens is 242 g/mol. The van der Waals surface area contributed by atoms with Gasteiger partial charge in [-0.15, -0.1) is 0 Å². The number of nitrogens with one attached hydrogen (secondary N) is 1. The van der Waals surface area contributed by atoms with Gasteiger partial charge < -0.3 is 5.32 Å². The SMILES string of the molecule is Clc1ccc2cc(C3CC4CNCC43)ccc2c1. The average molecular weight is 258 g/mol. The van der Waals surface area contributed by atoms with Crippen molar-refractivity contribution >= 4 is 22.4 Å². The van der Waals surface area contributed by atoms with Crippen LogP contribution in [0.1, 0.15) is 17.9 Å². The molecule has 2 heteroatoms. The van der Waals surface area contributed by atoms with Crippen LogP contribution >= 0.6 is 11.6 Å². The van der Waals surface area contributed by atoms with Crippen LogP contribution in [0.15, 0.2) is 36.4 Å². The van der Waals surface area contributed by atoms with Gasteiger partial charge in [-0.1, -0.05) is 35.9 Å². The predicted molar refractivity (Wildman–Crippen MR) is 76.2 cm³/mol. The minimum absolute atomic E-state index is 0.769. The topological polar surface area (TPSA) is 12.0 Å². The molecule has 4 rings (SSSR count). The van der Waals surface area contributed by atoms with Gasteiger partial charge in [0.05, 0.1) is 0 Å². The highest BCUT2D eigenvalue weighted by Crippen LogP contribution is 2.49. The van der Waals surface area contributed by atoms with Crippen molar-refractivity contribution in [1.82, 2.24) is 5.32 Å². The normalized spacial score (nSPS) is 30.2. The van der Waals surface area contributed by atoms with E-state index in [4.69, 9.17) is 11.6 Å². The molecule has 0 radical (unpaired) electrons. The van der Waals surface area contributed by atoms with Gasteiger partial charge in [0.15, 0.2) is 0 Å². The highest BCUT2D eigenvalue weighted by Gasteiger charge is 2.44. The highest BCUT2D eigenvalue weighted by molar-refractivity contribution is 6.31. The minimum Gasteiger partial charge on any atom is -0.316 e. The molecule has 0 amide bonds. The third-order valence-corrected chi connectivity index (χ3v) is 4.96. The quantitative estimate of drug-likeness (QED) is 0.819. The summed E-state index contributed by atoms with van der Waals surface area (Å²) in [5, 5.41) is 6.88. The molecule has 2 fully saturated rings. The van der Waals surface area contributed by atoms with Crippen LogP contribution in [0.2, 0.25) is 5.02 Å². The molecular formula is C16H16ClN. The summed E-state index contributed by atoms with van der Waals surface area (Å²) in [7, 11) is 0. The number of rotatable bonds is 1. The van der Waals surface area contributed by atoms with Crippen molar-refractivity contribution in [3.05, 3.63) is 47.0 Å². The smallest absolute Gasteiger partial charge is 0.0412 e. The van der Waals surface area contributed by atoms with Crippen molar-refractivity contribution in [2.24, 2.45) is 11.8 Å². The van der Waals surface area contributed by atoms with Gasteiger partial charge in [-0.05, 0) is 65.7 Å². The van der Waals surface area contributed by atoms with Gasteiger partial charge in [-0.25, -0.2) is 0 Å². The lowest BCUT2D eigenvalue weighted by Gasteiger charge is -2.40. The van der Waals surface area contributed by atoms with Gasteiger partial charge in [-0.2, -0.15) is 0 Å². The van der Waals surface area contributed by atoms with E-state index in [1.807, 2.05) is 12.1 Å². The molecule has 18 heavy (non-hydrogen) atoms. The van der Waals surface area contributed by atoms with Crippen molar-refractivity contribution in [2.45, 2.75) is 12.3 Å². The Morgan fingerprint density at radius 3 is 2.72 bits per heavy atom. The maximum atomic E-state index is 6.02. The zero-order valence-electron chi connectivity index (χ0n) is 10.2. The first-order valence-electron chi connectivity index (χ1n) is 6.71. The van der Waals surface area contributed by atoms with Gasteiger partial charge in [0.25, 0.3) is 0 Å². The van der Waals surface area contributed by atoms with E-state index in [9.17, 15) is 0 Å². The van der Waals surface area contributed by atoms with Crippen LogP contribution in [0.25, 0.3) is 10.8 Å². The molecule has 3 atom stereocenters. The highest BCUT2D eigenvalue weighted by atomic mass is 35.5. The molecule has 3 unspecified atom stereocenters. The monoisotopic (exact) mass is 257 g/mol. The van der Waals surface area contributed by atoms with Gasteiger partial charge >= 0.3 is 0 Å². The molecule has 0 bridgehead atoms. The zero-order valence-corrected chi connectivity index (χ0v) is 11.0.